The van der Waals surface area contributed by atoms with Crippen LogP contribution < -0.4 is 4.74 Å². The summed E-state index contributed by atoms with van der Waals surface area (Å²) in [5, 5.41) is 18.0. The molecule has 1 rings (SSSR count). The number of hydrogen-bond donors (Lipinski definition) is 2. The SMILES string of the molecule is COc1ccccc1C[C@H](O)CC(=O)O. The lowest BCUT2D eigenvalue weighted by atomic mass is 10.0. The van der Waals surface area contributed by atoms with Crippen molar-refractivity contribution in [3.8, 4) is 5.75 Å². The lowest BCUT2D eigenvalue weighted by Gasteiger charge is -2.11. The second-order valence-electron chi connectivity index (χ2n) is 3.27. The quantitative estimate of drug-likeness (QED) is 0.763. The van der Waals surface area contributed by atoms with Gasteiger partial charge in [-0.05, 0) is 11.6 Å². The summed E-state index contributed by atoms with van der Waals surface area (Å²) in [5.74, 6) is -0.334. The van der Waals surface area contributed by atoms with Gasteiger partial charge in [0.1, 0.15) is 5.75 Å². The van der Waals surface area contributed by atoms with Crippen LogP contribution in [-0.2, 0) is 11.2 Å². The number of aliphatic hydroxyl groups is 1. The molecule has 0 unspecified atom stereocenters. The molecule has 0 aromatic heterocycles. The van der Waals surface area contributed by atoms with E-state index < -0.39 is 12.1 Å². The standard InChI is InChI=1S/C11H14O4/c1-15-10-5-3-2-4-8(10)6-9(12)7-11(13)14/h2-5,9,12H,6-7H2,1H3,(H,13,14)/t9-/m0/s1. The van der Waals surface area contributed by atoms with Crippen molar-refractivity contribution in [1.29, 1.82) is 0 Å². The summed E-state index contributed by atoms with van der Waals surface area (Å²) in [6, 6.07) is 7.24. The molecule has 0 fully saturated rings. The minimum absolute atomic E-state index is 0.252. The third-order valence-corrected chi connectivity index (χ3v) is 2.06. The van der Waals surface area contributed by atoms with E-state index in [-0.39, 0.29) is 12.8 Å². The van der Waals surface area contributed by atoms with Crippen LogP contribution in [0.5, 0.6) is 5.75 Å². The van der Waals surface area contributed by atoms with Crippen LogP contribution in [0.1, 0.15) is 12.0 Å². The number of aliphatic hydroxyl groups excluding tert-OH is 1. The van der Waals surface area contributed by atoms with E-state index >= 15 is 0 Å². The van der Waals surface area contributed by atoms with Crippen LogP contribution in [0.2, 0.25) is 0 Å². The van der Waals surface area contributed by atoms with Crippen molar-refractivity contribution in [3.05, 3.63) is 29.8 Å². The molecule has 1 aromatic carbocycles. The van der Waals surface area contributed by atoms with E-state index in [1.807, 2.05) is 18.2 Å². The molecule has 15 heavy (non-hydrogen) atoms. The van der Waals surface area contributed by atoms with Crippen molar-refractivity contribution in [1.82, 2.24) is 0 Å². The maximum Gasteiger partial charge on any atom is 0.305 e. The van der Waals surface area contributed by atoms with Gasteiger partial charge in [0, 0.05) is 6.42 Å². The molecule has 0 radical (unpaired) electrons. The molecule has 0 bridgehead atoms. The van der Waals surface area contributed by atoms with E-state index in [1.54, 1.807) is 13.2 Å². The molecule has 82 valence electrons. The lowest BCUT2D eigenvalue weighted by molar-refractivity contribution is -0.139. The monoisotopic (exact) mass is 210 g/mol. The summed E-state index contributed by atoms with van der Waals surface area (Å²) in [4.78, 5) is 10.4. The number of ether oxygens (including phenoxy) is 1. The summed E-state index contributed by atoms with van der Waals surface area (Å²) in [6.45, 7) is 0. The Kier molecular flexibility index (Phi) is 4.12. The van der Waals surface area contributed by atoms with Gasteiger partial charge < -0.3 is 14.9 Å². The predicted molar refractivity (Wildman–Crippen MR) is 55.0 cm³/mol. The van der Waals surface area contributed by atoms with Gasteiger partial charge in [-0.25, -0.2) is 0 Å². The fraction of sp³-hybridized carbons (Fsp3) is 0.364. The lowest BCUT2D eigenvalue weighted by Crippen LogP contribution is -2.16. The van der Waals surface area contributed by atoms with Crippen LogP contribution in [0, 0.1) is 0 Å². The van der Waals surface area contributed by atoms with Crippen LogP contribution >= 0.6 is 0 Å². The highest BCUT2D eigenvalue weighted by Gasteiger charge is 2.12. The number of methoxy groups -OCH3 is 1. The Morgan fingerprint density at radius 2 is 2.13 bits per heavy atom. The van der Waals surface area contributed by atoms with Gasteiger partial charge in [0.25, 0.3) is 0 Å². The number of carboxylic acid groups (broad SMARTS) is 1. The number of benzene rings is 1. The number of hydrogen-bond acceptors (Lipinski definition) is 3. The Balaban J connectivity index is 2.67. The third-order valence-electron chi connectivity index (χ3n) is 2.06. The van der Waals surface area contributed by atoms with Crippen molar-refractivity contribution in [2.24, 2.45) is 0 Å². The van der Waals surface area contributed by atoms with Crippen molar-refractivity contribution in [2.75, 3.05) is 7.11 Å². The van der Waals surface area contributed by atoms with Gasteiger partial charge >= 0.3 is 5.97 Å². The smallest absolute Gasteiger partial charge is 0.305 e. The third kappa shape index (κ3) is 3.59. The van der Waals surface area contributed by atoms with Gasteiger partial charge in [-0.3, -0.25) is 4.79 Å². The molecule has 4 heteroatoms. The molecule has 0 spiro atoms. The zero-order chi connectivity index (χ0) is 11.3. The zero-order valence-corrected chi connectivity index (χ0v) is 8.51. The van der Waals surface area contributed by atoms with Crippen LogP contribution in [-0.4, -0.2) is 29.4 Å². The van der Waals surface area contributed by atoms with Gasteiger partial charge in [0.2, 0.25) is 0 Å². The number of carboxylic acids is 1. The first kappa shape index (κ1) is 11.5. The summed E-state index contributed by atoms with van der Waals surface area (Å²) >= 11 is 0. The van der Waals surface area contributed by atoms with Crippen molar-refractivity contribution < 1.29 is 19.7 Å². The van der Waals surface area contributed by atoms with Crippen LogP contribution in [0.3, 0.4) is 0 Å². The highest BCUT2D eigenvalue weighted by Crippen LogP contribution is 2.19. The minimum atomic E-state index is -1.00. The van der Waals surface area contributed by atoms with E-state index in [0.717, 1.165) is 5.56 Å². The largest absolute Gasteiger partial charge is 0.496 e. The van der Waals surface area contributed by atoms with Gasteiger partial charge in [-0.2, -0.15) is 0 Å². The molecule has 4 nitrogen and oxygen atoms in total. The van der Waals surface area contributed by atoms with Crippen molar-refractivity contribution in [3.63, 3.8) is 0 Å². The van der Waals surface area contributed by atoms with Gasteiger partial charge in [-0.15, -0.1) is 0 Å². The molecule has 0 aliphatic rings. The molecule has 1 aromatic rings. The fourth-order valence-corrected chi connectivity index (χ4v) is 1.40. The van der Waals surface area contributed by atoms with Crippen molar-refractivity contribution >= 4 is 5.97 Å². The molecule has 1 atom stereocenters. The Bertz CT molecular complexity index is 335. The Morgan fingerprint density at radius 1 is 1.47 bits per heavy atom. The van der Waals surface area contributed by atoms with E-state index in [1.165, 1.54) is 0 Å². The Morgan fingerprint density at radius 3 is 2.73 bits per heavy atom. The van der Waals surface area contributed by atoms with Gasteiger partial charge in [0.05, 0.1) is 19.6 Å². The highest BCUT2D eigenvalue weighted by atomic mass is 16.5. The first-order valence-corrected chi connectivity index (χ1v) is 4.65. The molecular formula is C11H14O4. The topological polar surface area (TPSA) is 66.8 Å². The fourth-order valence-electron chi connectivity index (χ4n) is 1.40. The molecule has 0 saturated carbocycles. The zero-order valence-electron chi connectivity index (χ0n) is 8.51. The number of carbonyl (C=O) groups is 1. The van der Waals surface area contributed by atoms with Gasteiger partial charge in [0.15, 0.2) is 0 Å². The minimum Gasteiger partial charge on any atom is -0.496 e. The Labute approximate surface area is 88.1 Å². The average molecular weight is 210 g/mol. The highest BCUT2D eigenvalue weighted by molar-refractivity contribution is 5.67. The van der Waals surface area contributed by atoms with Gasteiger partial charge in [-0.1, -0.05) is 18.2 Å². The average Bonchev–Trinajstić information content (AvgIpc) is 2.17. The van der Waals surface area contributed by atoms with E-state index in [2.05, 4.69) is 0 Å². The molecular weight excluding hydrogens is 196 g/mol. The number of para-hydroxylation sites is 1. The first-order chi connectivity index (χ1) is 7.13. The van der Waals surface area contributed by atoms with E-state index in [9.17, 15) is 9.90 Å². The molecule has 0 saturated heterocycles. The molecule has 0 aliphatic heterocycles. The van der Waals surface area contributed by atoms with E-state index in [4.69, 9.17) is 9.84 Å². The first-order valence-electron chi connectivity index (χ1n) is 4.65. The second kappa shape index (κ2) is 5.36. The summed E-state index contributed by atoms with van der Waals surface area (Å²) in [6.07, 6.45) is -0.840. The normalized spacial score (nSPS) is 12.1. The van der Waals surface area contributed by atoms with Crippen LogP contribution in [0.25, 0.3) is 0 Å². The summed E-state index contributed by atoms with van der Waals surface area (Å²) in [5.41, 5.74) is 0.814. The maximum atomic E-state index is 10.4. The number of rotatable bonds is 5. The van der Waals surface area contributed by atoms with Crippen LogP contribution in [0.4, 0.5) is 0 Å². The van der Waals surface area contributed by atoms with Crippen LogP contribution in [0.15, 0.2) is 24.3 Å². The molecule has 2 N–H and O–H groups in total. The van der Waals surface area contributed by atoms with E-state index in [0.29, 0.717) is 5.75 Å². The molecule has 0 aliphatic carbocycles. The Hall–Kier alpha value is -1.55. The summed E-state index contributed by atoms with van der Waals surface area (Å²) in [7, 11) is 1.54. The van der Waals surface area contributed by atoms with Crippen molar-refractivity contribution in [2.45, 2.75) is 18.9 Å². The predicted octanol–water partition coefficient (Wildman–Crippen LogP) is 1.07. The number of aliphatic carboxylic acids is 1. The molecule has 0 amide bonds. The second-order valence-corrected chi connectivity index (χ2v) is 3.27. The maximum absolute atomic E-state index is 10.4. The summed E-state index contributed by atoms with van der Waals surface area (Å²) < 4.78 is 5.09. The molecule has 0 heterocycles.